The van der Waals surface area contributed by atoms with Gasteiger partial charge in [-0.3, -0.25) is 0 Å². The summed E-state index contributed by atoms with van der Waals surface area (Å²) in [6, 6.07) is 1.79. The monoisotopic (exact) mass is 224 g/mol. The molecule has 5 heteroatoms. The normalized spacial score (nSPS) is 11.2. The SMILES string of the molecule is CCCNc1nccc(NC(C)(C)CO)n1. The minimum atomic E-state index is -0.379. The van der Waals surface area contributed by atoms with Crippen LogP contribution in [0.4, 0.5) is 11.8 Å². The van der Waals surface area contributed by atoms with Crippen molar-refractivity contribution in [3.05, 3.63) is 12.3 Å². The molecule has 0 spiro atoms. The zero-order valence-electron chi connectivity index (χ0n) is 10.1. The molecule has 1 aromatic heterocycles. The summed E-state index contributed by atoms with van der Waals surface area (Å²) in [7, 11) is 0. The molecular formula is C11H20N4O. The molecule has 0 atom stereocenters. The Morgan fingerprint density at radius 1 is 1.44 bits per heavy atom. The molecule has 0 aliphatic carbocycles. The molecule has 1 aromatic rings. The molecule has 0 saturated carbocycles. The van der Waals surface area contributed by atoms with E-state index < -0.39 is 0 Å². The summed E-state index contributed by atoms with van der Waals surface area (Å²) in [4.78, 5) is 8.41. The largest absolute Gasteiger partial charge is 0.394 e. The molecule has 5 nitrogen and oxygen atoms in total. The summed E-state index contributed by atoms with van der Waals surface area (Å²) in [5.74, 6) is 1.33. The van der Waals surface area contributed by atoms with E-state index >= 15 is 0 Å². The van der Waals surface area contributed by atoms with Crippen LogP contribution in [0.15, 0.2) is 12.3 Å². The highest BCUT2D eigenvalue weighted by Crippen LogP contribution is 2.12. The number of anilines is 2. The molecule has 0 radical (unpaired) electrons. The fourth-order valence-electron chi connectivity index (χ4n) is 1.14. The third-order valence-corrected chi connectivity index (χ3v) is 2.05. The first-order valence-electron chi connectivity index (χ1n) is 5.53. The minimum absolute atomic E-state index is 0.0503. The van der Waals surface area contributed by atoms with E-state index in [2.05, 4.69) is 27.5 Å². The van der Waals surface area contributed by atoms with Gasteiger partial charge in [0.05, 0.1) is 12.1 Å². The van der Waals surface area contributed by atoms with Crippen LogP contribution in [0.1, 0.15) is 27.2 Å². The van der Waals surface area contributed by atoms with Crippen LogP contribution in [0.5, 0.6) is 0 Å². The van der Waals surface area contributed by atoms with E-state index in [1.807, 2.05) is 13.8 Å². The van der Waals surface area contributed by atoms with Crippen molar-refractivity contribution in [3.8, 4) is 0 Å². The number of nitrogens with one attached hydrogen (secondary N) is 2. The van der Waals surface area contributed by atoms with Gasteiger partial charge in [-0.15, -0.1) is 0 Å². The summed E-state index contributed by atoms with van der Waals surface area (Å²) < 4.78 is 0. The van der Waals surface area contributed by atoms with Crippen molar-refractivity contribution in [1.82, 2.24) is 9.97 Å². The summed E-state index contributed by atoms with van der Waals surface area (Å²) in [6.07, 6.45) is 2.73. The van der Waals surface area contributed by atoms with E-state index in [-0.39, 0.29) is 12.1 Å². The van der Waals surface area contributed by atoms with Crippen LogP contribution in [0.25, 0.3) is 0 Å². The molecule has 0 bridgehead atoms. The molecule has 1 rings (SSSR count). The van der Waals surface area contributed by atoms with Crippen LogP contribution in [0.2, 0.25) is 0 Å². The number of aliphatic hydroxyl groups excluding tert-OH is 1. The van der Waals surface area contributed by atoms with Gasteiger partial charge < -0.3 is 15.7 Å². The van der Waals surface area contributed by atoms with Crippen molar-refractivity contribution >= 4 is 11.8 Å². The van der Waals surface area contributed by atoms with Crippen LogP contribution >= 0.6 is 0 Å². The lowest BCUT2D eigenvalue weighted by Gasteiger charge is -2.24. The van der Waals surface area contributed by atoms with Crippen LogP contribution in [-0.4, -0.2) is 33.8 Å². The van der Waals surface area contributed by atoms with Gasteiger partial charge in [0.1, 0.15) is 5.82 Å². The predicted octanol–water partition coefficient (Wildman–Crippen LogP) is 1.48. The molecular weight excluding hydrogens is 204 g/mol. The smallest absolute Gasteiger partial charge is 0.224 e. The Morgan fingerprint density at radius 3 is 2.81 bits per heavy atom. The maximum absolute atomic E-state index is 9.14. The summed E-state index contributed by atoms with van der Waals surface area (Å²) in [6.45, 7) is 6.81. The van der Waals surface area contributed by atoms with E-state index in [0.717, 1.165) is 13.0 Å². The Kier molecular flexibility index (Phi) is 4.49. The van der Waals surface area contributed by atoms with Gasteiger partial charge in [0.2, 0.25) is 5.95 Å². The van der Waals surface area contributed by atoms with Gasteiger partial charge in [0.15, 0.2) is 0 Å². The number of aromatic nitrogens is 2. The number of aliphatic hydroxyl groups is 1. The first kappa shape index (κ1) is 12.7. The zero-order chi connectivity index (χ0) is 12.0. The standard InChI is InChI=1S/C11H20N4O/c1-4-6-12-10-13-7-5-9(14-10)15-11(2,3)8-16/h5,7,16H,4,6,8H2,1-3H3,(H2,12,13,14,15). The van der Waals surface area contributed by atoms with Crippen molar-refractivity contribution in [1.29, 1.82) is 0 Å². The molecule has 0 unspecified atom stereocenters. The molecule has 0 amide bonds. The van der Waals surface area contributed by atoms with Crippen molar-refractivity contribution < 1.29 is 5.11 Å². The number of hydrogen-bond acceptors (Lipinski definition) is 5. The fraction of sp³-hybridized carbons (Fsp3) is 0.636. The van der Waals surface area contributed by atoms with Gasteiger partial charge in [0.25, 0.3) is 0 Å². The van der Waals surface area contributed by atoms with E-state index in [1.54, 1.807) is 12.3 Å². The second-order valence-electron chi connectivity index (χ2n) is 4.36. The molecule has 90 valence electrons. The molecule has 0 saturated heterocycles. The van der Waals surface area contributed by atoms with Crippen LogP contribution in [0.3, 0.4) is 0 Å². The number of rotatable bonds is 6. The minimum Gasteiger partial charge on any atom is -0.394 e. The quantitative estimate of drug-likeness (QED) is 0.683. The van der Waals surface area contributed by atoms with Gasteiger partial charge in [-0.1, -0.05) is 6.92 Å². The van der Waals surface area contributed by atoms with Crippen molar-refractivity contribution in [2.45, 2.75) is 32.7 Å². The summed E-state index contributed by atoms with van der Waals surface area (Å²) >= 11 is 0. The van der Waals surface area contributed by atoms with Gasteiger partial charge in [-0.25, -0.2) is 4.98 Å². The van der Waals surface area contributed by atoms with E-state index in [1.165, 1.54) is 0 Å². The van der Waals surface area contributed by atoms with Crippen LogP contribution in [-0.2, 0) is 0 Å². The van der Waals surface area contributed by atoms with Crippen molar-refractivity contribution in [3.63, 3.8) is 0 Å². The molecule has 0 aromatic carbocycles. The molecule has 0 aliphatic rings. The lowest BCUT2D eigenvalue weighted by Crippen LogP contribution is -2.35. The van der Waals surface area contributed by atoms with Gasteiger partial charge in [-0.05, 0) is 26.3 Å². The average Bonchev–Trinajstić information content (AvgIpc) is 2.26. The maximum Gasteiger partial charge on any atom is 0.224 e. The van der Waals surface area contributed by atoms with Crippen molar-refractivity contribution in [2.75, 3.05) is 23.8 Å². The molecule has 1 heterocycles. The first-order valence-corrected chi connectivity index (χ1v) is 5.53. The Balaban J connectivity index is 2.67. The highest BCUT2D eigenvalue weighted by atomic mass is 16.3. The highest BCUT2D eigenvalue weighted by Gasteiger charge is 2.16. The van der Waals surface area contributed by atoms with Gasteiger partial charge in [0, 0.05) is 12.7 Å². The van der Waals surface area contributed by atoms with Gasteiger partial charge in [-0.2, -0.15) is 4.98 Å². The lowest BCUT2D eigenvalue weighted by atomic mass is 10.1. The maximum atomic E-state index is 9.14. The highest BCUT2D eigenvalue weighted by molar-refractivity contribution is 5.41. The second-order valence-corrected chi connectivity index (χ2v) is 4.36. The molecule has 0 fully saturated rings. The Hall–Kier alpha value is -1.36. The topological polar surface area (TPSA) is 70.1 Å². The molecule has 16 heavy (non-hydrogen) atoms. The Labute approximate surface area is 96.3 Å². The van der Waals surface area contributed by atoms with Crippen LogP contribution in [0, 0.1) is 0 Å². The lowest BCUT2D eigenvalue weighted by molar-refractivity contribution is 0.234. The Morgan fingerprint density at radius 2 is 2.19 bits per heavy atom. The molecule has 3 N–H and O–H groups in total. The number of hydrogen-bond donors (Lipinski definition) is 3. The van der Waals surface area contributed by atoms with E-state index in [0.29, 0.717) is 11.8 Å². The van der Waals surface area contributed by atoms with Gasteiger partial charge >= 0.3 is 0 Å². The predicted molar refractivity (Wildman–Crippen MR) is 65.6 cm³/mol. The second kappa shape index (κ2) is 5.65. The van der Waals surface area contributed by atoms with Crippen molar-refractivity contribution in [2.24, 2.45) is 0 Å². The summed E-state index contributed by atoms with van der Waals surface area (Å²) in [5, 5.41) is 15.4. The van der Waals surface area contributed by atoms with E-state index in [4.69, 9.17) is 5.11 Å². The number of nitrogens with zero attached hydrogens (tertiary/aromatic N) is 2. The first-order chi connectivity index (χ1) is 7.57. The summed E-state index contributed by atoms with van der Waals surface area (Å²) in [5.41, 5.74) is -0.379. The fourth-order valence-corrected chi connectivity index (χ4v) is 1.14. The average molecular weight is 224 g/mol. The Bertz CT molecular complexity index is 328. The zero-order valence-corrected chi connectivity index (χ0v) is 10.1. The molecule has 0 aliphatic heterocycles. The third kappa shape index (κ3) is 4.02. The van der Waals surface area contributed by atoms with E-state index in [9.17, 15) is 0 Å². The third-order valence-electron chi connectivity index (χ3n) is 2.05. The van der Waals surface area contributed by atoms with Crippen LogP contribution < -0.4 is 10.6 Å².